The number of hydrazine groups is 1. The molecule has 0 saturated heterocycles. The lowest BCUT2D eigenvalue weighted by atomic mass is 10.0. The van der Waals surface area contributed by atoms with Gasteiger partial charge in [-0.3, -0.25) is 11.7 Å². The lowest BCUT2D eigenvalue weighted by molar-refractivity contribution is 0.835. The average Bonchev–Trinajstić information content (AvgIpc) is 3.15. The van der Waals surface area contributed by atoms with Crippen LogP contribution < -0.4 is 28.0 Å². The molecule has 0 radical (unpaired) electrons. The first-order valence-electron chi connectivity index (χ1n) is 16.2. The normalized spacial score (nSPS) is 13.3. The lowest BCUT2D eigenvalue weighted by Gasteiger charge is -2.23. The van der Waals surface area contributed by atoms with Crippen LogP contribution in [0.3, 0.4) is 0 Å². The van der Waals surface area contributed by atoms with E-state index in [1.807, 2.05) is 50.3 Å². The number of anilines is 1. The second kappa shape index (κ2) is 22.9. The van der Waals surface area contributed by atoms with E-state index in [-0.39, 0.29) is 0 Å². The maximum Gasteiger partial charge on any atom is 0.0320 e. The van der Waals surface area contributed by atoms with Crippen LogP contribution >= 0.6 is 7.92 Å². The first-order valence-corrected chi connectivity index (χ1v) is 17.6. The first-order chi connectivity index (χ1) is 23.1. The Hall–Kier alpha value is -4.53. The van der Waals surface area contributed by atoms with Gasteiger partial charge in [0.1, 0.15) is 0 Å². The van der Waals surface area contributed by atoms with E-state index in [9.17, 15) is 0 Å². The van der Waals surface area contributed by atoms with E-state index in [1.54, 1.807) is 11.4 Å². The molecular weight excluding hydrogens is 589 g/mol. The lowest BCUT2D eigenvalue weighted by Crippen LogP contribution is -2.13. The molecule has 4 aromatic rings. The summed E-state index contributed by atoms with van der Waals surface area (Å²) in [7, 11) is -0.471. The van der Waals surface area contributed by atoms with E-state index in [4.69, 9.17) is 5.73 Å². The Labute approximate surface area is 285 Å². The van der Waals surface area contributed by atoms with E-state index >= 15 is 0 Å². The second-order valence-corrected chi connectivity index (χ2v) is 12.8. The fraction of sp³-hybridized carbons (Fsp3) is 0.163. The summed E-state index contributed by atoms with van der Waals surface area (Å²) in [5, 5.41) is 4.37. The van der Waals surface area contributed by atoms with Gasteiger partial charge in [0.2, 0.25) is 0 Å². The van der Waals surface area contributed by atoms with Crippen molar-refractivity contribution in [3.8, 4) is 11.1 Å². The highest BCUT2D eigenvalue weighted by Crippen LogP contribution is 2.46. The predicted molar refractivity (Wildman–Crippen MR) is 213 cm³/mol. The minimum absolute atomic E-state index is 0.381. The molecule has 0 aromatic heterocycles. The standard InChI is InChI=1S/C24H22NP.C17H20.C2H6.H4N2/c25-21-9-7-8-20(18-21)19-14-16-24(17-15-19)26(22-10-3-1-4-11-22)23-12-5-2-6-13-23;1-4-6-10-16(5-2)14-13-15(3)17-11-8-7-9-12-17;2*1-2/h1-5,7-12,14-18H,6,13,25H2;4-13,16H,1-2,14H2,3H3;1-2H3;1-2H2/b;10-6-,15-13+;;. The van der Waals surface area contributed by atoms with Crippen LogP contribution in [0.15, 0.2) is 176 Å². The van der Waals surface area contributed by atoms with Gasteiger partial charge in [-0.25, -0.2) is 0 Å². The molecule has 5 rings (SSSR count). The average molecular weight is 642 g/mol. The third kappa shape index (κ3) is 13.0. The molecule has 6 N–H and O–H groups in total. The number of rotatable bonds is 10. The third-order valence-corrected chi connectivity index (χ3v) is 9.94. The molecule has 4 heteroatoms. The van der Waals surface area contributed by atoms with E-state index in [0.29, 0.717) is 5.92 Å². The number of hydrogen-bond acceptors (Lipinski definition) is 3. The van der Waals surface area contributed by atoms with Gasteiger partial charge in [0.25, 0.3) is 0 Å². The summed E-state index contributed by atoms with van der Waals surface area (Å²) in [5.41, 5.74) is 11.7. The Morgan fingerprint density at radius 1 is 0.809 bits per heavy atom. The zero-order chi connectivity index (χ0) is 34.3. The molecule has 0 heterocycles. The zero-order valence-corrected chi connectivity index (χ0v) is 29.2. The van der Waals surface area contributed by atoms with Crippen molar-refractivity contribution in [2.45, 2.75) is 40.0 Å². The number of allylic oxidation sites excluding steroid dienone is 10. The molecule has 0 saturated carbocycles. The maximum atomic E-state index is 5.94. The van der Waals surface area contributed by atoms with Crippen LogP contribution in [0.2, 0.25) is 0 Å². The van der Waals surface area contributed by atoms with Gasteiger partial charge in [-0.1, -0.05) is 166 Å². The van der Waals surface area contributed by atoms with Gasteiger partial charge in [0.05, 0.1) is 0 Å². The van der Waals surface area contributed by atoms with Crippen molar-refractivity contribution in [2.24, 2.45) is 17.6 Å². The van der Waals surface area contributed by atoms with Crippen molar-refractivity contribution >= 4 is 29.8 Å². The van der Waals surface area contributed by atoms with Gasteiger partial charge in [0, 0.05) is 5.69 Å². The van der Waals surface area contributed by atoms with E-state index in [1.165, 1.54) is 32.9 Å². The Kier molecular flexibility index (Phi) is 18.8. The second-order valence-electron chi connectivity index (χ2n) is 10.5. The molecule has 244 valence electrons. The maximum absolute atomic E-state index is 5.94. The van der Waals surface area contributed by atoms with E-state index in [2.05, 4.69) is 147 Å². The number of hydrogen-bond donors (Lipinski definition) is 3. The molecule has 0 spiro atoms. The van der Waals surface area contributed by atoms with Crippen molar-refractivity contribution < 1.29 is 0 Å². The molecule has 47 heavy (non-hydrogen) atoms. The molecule has 0 aliphatic heterocycles. The summed E-state index contributed by atoms with van der Waals surface area (Å²) in [4.78, 5) is 0. The molecule has 1 aliphatic rings. The fourth-order valence-corrected chi connectivity index (χ4v) is 7.43. The summed E-state index contributed by atoms with van der Waals surface area (Å²) in [5.74, 6) is 8.38. The van der Waals surface area contributed by atoms with E-state index < -0.39 is 7.92 Å². The Morgan fingerprint density at radius 2 is 1.45 bits per heavy atom. The first kappa shape index (κ1) is 38.7. The highest BCUT2D eigenvalue weighted by atomic mass is 31.1. The van der Waals surface area contributed by atoms with Crippen LogP contribution in [-0.2, 0) is 0 Å². The Balaban J connectivity index is 0.000000319. The van der Waals surface area contributed by atoms with Crippen LogP contribution in [0, 0.1) is 5.92 Å². The molecular formula is C43H52N3P. The zero-order valence-electron chi connectivity index (χ0n) is 28.3. The molecule has 0 bridgehead atoms. The predicted octanol–water partition coefficient (Wildman–Crippen LogP) is 10.5. The van der Waals surface area contributed by atoms with Gasteiger partial charge < -0.3 is 5.73 Å². The molecule has 2 atom stereocenters. The SMILES string of the molecule is C=C/C=C\C(C=C)C/C=C(\C)c1ccccc1.CC.NN.Nc1cccc(-c2ccc(P(C3=CC=CCC3)c3ccccc3)cc2)c1. The van der Waals surface area contributed by atoms with Crippen LogP contribution in [0.4, 0.5) is 5.69 Å². The van der Waals surface area contributed by atoms with Crippen LogP contribution in [-0.4, -0.2) is 0 Å². The minimum atomic E-state index is -0.471. The van der Waals surface area contributed by atoms with Crippen LogP contribution in [0.5, 0.6) is 0 Å². The Bertz CT molecular complexity index is 1580. The summed E-state index contributed by atoms with van der Waals surface area (Å²) in [6.07, 6.45) is 20.2. The van der Waals surface area contributed by atoms with Gasteiger partial charge >= 0.3 is 0 Å². The number of nitrogen functional groups attached to an aromatic ring is 1. The third-order valence-electron chi connectivity index (χ3n) is 7.36. The summed E-state index contributed by atoms with van der Waals surface area (Å²) in [6, 6.07) is 38.4. The minimum Gasteiger partial charge on any atom is -0.399 e. The monoisotopic (exact) mass is 641 g/mol. The van der Waals surface area contributed by atoms with Crippen LogP contribution in [0.25, 0.3) is 16.7 Å². The quantitative estimate of drug-likeness (QED) is 0.0403. The summed E-state index contributed by atoms with van der Waals surface area (Å²) >= 11 is 0. The van der Waals surface area contributed by atoms with Gasteiger partial charge in [0.15, 0.2) is 0 Å². The van der Waals surface area contributed by atoms with Gasteiger partial charge in [-0.2, -0.15) is 0 Å². The summed E-state index contributed by atoms with van der Waals surface area (Å²) < 4.78 is 0. The summed E-state index contributed by atoms with van der Waals surface area (Å²) in [6.45, 7) is 13.7. The van der Waals surface area contributed by atoms with Gasteiger partial charge in [-0.05, 0) is 90.3 Å². The van der Waals surface area contributed by atoms with Crippen molar-refractivity contribution in [2.75, 3.05) is 5.73 Å². The van der Waals surface area contributed by atoms with E-state index in [0.717, 1.165) is 24.9 Å². The molecule has 3 nitrogen and oxygen atoms in total. The highest BCUT2D eigenvalue weighted by molar-refractivity contribution is 7.76. The number of benzene rings is 4. The van der Waals surface area contributed by atoms with Crippen molar-refractivity contribution in [3.63, 3.8) is 0 Å². The largest absolute Gasteiger partial charge is 0.399 e. The Morgan fingerprint density at radius 3 is 2.02 bits per heavy atom. The smallest absolute Gasteiger partial charge is 0.0320 e. The molecule has 2 unspecified atom stereocenters. The van der Waals surface area contributed by atoms with Crippen LogP contribution in [0.1, 0.15) is 45.6 Å². The topological polar surface area (TPSA) is 78.1 Å². The van der Waals surface area contributed by atoms with Crippen molar-refractivity contribution in [1.29, 1.82) is 0 Å². The number of nitrogens with two attached hydrogens (primary N) is 3. The molecule has 4 aromatic carbocycles. The highest BCUT2D eigenvalue weighted by Gasteiger charge is 2.19. The van der Waals surface area contributed by atoms with Crippen molar-refractivity contribution in [1.82, 2.24) is 0 Å². The molecule has 0 fully saturated rings. The van der Waals surface area contributed by atoms with Gasteiger partial charge in [-0.15, -0.1) is 6.58 Å². The molecule has 1 aliphatic carbocycles. The van der Waals surface area contributed by atoms with Crippen molar-refractivity contribution in [3.05, 3.63) is 182 Å². The fourth-order valence-electron chi connectivity index (χ4n) is 4.96. The molecule has 0 amide bonds.